The molecule has 1 saturated heterocycles. The van der Waals surface area contributed by atoms with Gasteiger partial charge in [-0.25, -0.2) is 0 Å². The molecular formula is C18H27NO. The Morgan fingerprint density at radius 3 is 2.45 bits per heavy atom. The van der Waals surface area contributed by atoms with E-state index in [1.165, 1.54) is 50.8 Å². The number of ether oxygens (including phenoxy) is 1. The summed E-state index contributed by atoms with van der Waals surface area (Å²) >= 11 is 0. The molecule has 1 saturated carbocycles. The molecule has 0 aromatic heterocycles. The van der Waals surface area contributed by atoms with Gasteiger partial charge in [0.05, 0.1) is 7.11 Å². The molecule has 3 rings (SSSR count). The van der Waals surface area contributed by atoms with Crippen LogP contribution in [0, 0.1) is 5.92 Å². The Morgan fingerprint density at radius 1 is 1.05 bits per heavy atom. The number of para-hydroxylation sites is 1. The fourth-order valence-corrected chi connectivity index (χ4v) is 4.09. The lowest BCUT2D eigenvalue weighted by atomic mass is 9.88. The van der Waals surface area contributed by atoms with Crippen LogP contribution in [0.4, 0.5) is 0 Å². The van der Waals surface area contributed by atoms with Gasteiger partial charge >= 0.3 is 0 Å². The Kier molecular flexibility index (Phi) is 4.30. The predicted molar refractivity (Wildman–Crippen MR) is 83.3 cm³/mol. The summed E-state index contributed by atoms with van der Waals surface area (Å²) < 4.78 is 5.53. The zero-order chi connectivity index (χ0) is 13.9. The second-order valence-electron chi connectivity index (χ2n) is 6.62. The lowest BCUT2D eigenvalue weighted by Gasteiger charge is -2.36. The van der Waals surface area contributed by atoms with Crippen molar-refractivity contribution in [3.05, 3.63) is 29.8 Å². The van der Waals surface area contributed by atoms with E-state index in [4.69, 9.17) is 4.74 Å². The van der Waals surface area contributed by atoms with Crippen LogP contribution in [0.5, 0.6) is 5.75 Å². The standard InChI is InChI=1S/C18H27NO/c1-14-7-8-16(13-14)19-11-9-15(10-12-19)17-5-3-4-6-18(17)20-2/h3-6,14-16H,7-13H2,1-2H3/t14-,16+/m0/s1. The van der Waals surface area contributed by atoms with Crippen LogP contribution >= 0.6 is 0 Å². The van der Waals surface area contributed by atoms with Gasteiger partial charge in [0.15, 0.2) is 0 Å². The number of hydrogen-bond donors (Lipinski definition) is 0. The third kappa shape index (κ3) is 2.85. The number of rotatable bonds is 3. The molecule has 2 aliphatic rings. The Bertz CT molecular complexity index is 437. The molecule has 0 N–H and O–H groups in total. The zero-order valence-electron chi connectivity index (χ0n) is 12.8. The zero-order valence-corrected chi connectivity index (χ0v) is 12.8. The van der Waals surface area contributed by atoms with Gasteiger partial charge in [0.2, 0.25) is 0 Å². The lowest BCUT2D eigenvalue weighted by molar-refractivity contribution is 0.151. The Hall–Kier alpha value is -1.02. The minimum Gasteiger partial charge on any atom is -0.496 e. The summed E-state index contributed by atoms with van der Waals surface area (Å²) in [7, 11) is 1.79. The highest BCUT2D eigenvalue weighted by molar-refractivity contribution is 5.36. The molecule has 2 atom stereocenters. The molecule has 2 nitrogen and oxygen atoms in total. The van der Waals surface area contributed by atoms with Crippen molar-refractivity contribution in [2.45, 2.75) is 51.0 Å². The molecule has 20 heavy (non-hydrogen) atoms. The van der Waals surface area contributed by atoms with E-state index in [0.717, 1.165) is 17.7 Å². The van der Waals surface area contributed by atoms with Crippen LogP contribution in [0.2, 0.25) is 0 Å². The molecule has 0 spiro atoms. The third-order valence-electron chi connectivity index (χ3n) is 5.29. The van der Waals surface area contributed by atoms with Crippen molar-refractivity contribution < 1.29 is 4.74 Å². The first kappa shape index (κ1) is 13.9. The fourth-order valence-electron chi connectivity index (χ4n) is 4.09. The van der Waals surface area contributed by atoms with Crippen molar-refractivity contribution in [2.24, 2.45) is 5.92 Å². The second kappa shape index (κ2) is 6.17. The average Bonchev–Trinajstić information content (AvgIpc) is 2.94. The molecule has 1 aliphatic carbocycles. The van der Waals surface area contributed by atoms with Gasteiger partial charge in [0, 0.05) is 6.04 Å². The highest BCUT2D eigenvalue weighted by Crippen LogP contribution is 2.37. The second-order valence-corrected chi connectivity index (χ2v) is 6.62. The summed E-state index contributed by atoms with van der Waals surface area (Å²) in [5.74, 6) is 2.69. The maximum Gasteiger partial charge on any atom is 0.122 e. The average molecular weight is 273 g/mol. The molecule has 2 heteroatoms. The number of likely N-dealkylation sites (tertiary alicyclic amines) is 1. The molecule has 1 aliphatic heterocycles. The van der Waals surface area contributed by atoms with Crippen LogP contribution in [0.15, 0.2) is 24.3 Å². The number of methoxy groups -OCH3 is 1. The van der Waals surface area contributed by atoms with E-state index in [-0.39, 0.29) is 0 Å². The highest BCUT2D eigenvalue weighted by Gasteiger charge is 2.30. The SMILES string of the molecule is COc1ccccc1C1CCN([C@@H]2CC[C@H](C)C2)CC1. The summed E-state index contributed by atoms with van der Waals surface area (Å²) in [6, 6.07) is 9.42. The van der Waals surface area contributed by atoms with Gasteiger partial charge in [-0.15, -0.1) is 0 Å². The largest absolute Gasteiger partial charge is 0.496 e. The van der Waals surface area contributed by atoms with Crippen molar-refractivity contribution in [1.82, 2.24) is 4.90 Å². The van der Waals surface area contributed by atoms with E-state index in [1.807, 2.05) is 0 Å². The molecule has 0 bridgehead atoms. The van der Waals surface area contributed by atoms with Crippen LogP contribution in [-0.2, 0) is 0 Å². The first-order chi connectivity index (χ1) is 9.78. The quantitative estimate of drug-likeness (QED) is 0.823. The van der Waals surface area contributed by atoms with E-state index in [1.54, 1.807) is 7.11 Å². The molecule has 0 radical (unpaired) electrons. The van der Waals surface area contributed by atoms with Gasteiger partial charge in [-0.1, -0.05) is 25.1 Å². The van der Waals surface area contributed by atoms with E-state index < -0.39 is 0 Å². The summed E-state index contributed by atoms with van der Waals surface area (Å²) in [6.45, 7) is 4.93. The fraction of sp³-hybridized carbons (Fsp3) is 0.667. The molecule has 110 valence electrons. The predicted octanol–water partition coefficient (Wildman–Crippen LogP) is 4.06. The van der Waals surface area contributed by atoms with Crippen LogP contribution < -0.4 is 4.74 Å². The smallest absolute Gasteiger partial charge is 0.122 e. The summed E-state index contributed by atoms with van der Waals surface area (Å²) in [5.41, 5.74) is 1.41. The molecule has 0 amide bonds. The summed E-state index contributed by atoms with van der Waals surface area (Å²) in [5, 5.41) is 0. The van der Waals surface area contributed by atoms with Gasteiger partial charge < -0.3 is 9.64 Å². The first-order valence-corrected chi connectivity index (χ1v) is 8.15. The monoisotopic (exact) mass is 273 g/mol. The van der Waals surface area contributed by atoms with Gasteiger partial charge in [-0.2, -0.15) is 0 Å². The van der Waals surface area contributed by atoms with Crippen LogP contribution in [0.1, 0.15) is 50.5 Å². The highest BCUT2D eigenvalue weighted by atomic mass is 16.5. The maximum atomic E-state index is 5.53. The van der Waals surface area contributed by atoms with Crippen molar-refractivity contribution in [3.8, 4) is 5.75 Å². The summed E-state index contributed by atoms with van der Waals surface area (Å²) in [6.07, 6.45) is 6.83. The first-order valence-electron chi connectivity index (χ1n) is 8.15. The molecule has 1 aromatic rings. The van der Waals surface area contributed by atoms with E-state index >= 15 is 0 Å². The van der Waals surface area contributed by atoms with E-state index in [2.05, 4.69) is 36.1 Å². The minimum absolute atomic E-state index is 0.682. The third-order valence-corrected chi connectivity index (χ3v) is 5.29. The van der Waals surface area contributed by atoms with Crippen molar-refractivity contribution >= 4 is 0 Å². The van der Waals surface area contributed by atoms with Crippen molar-refractivity contribution in [3.63, 3.8) is 0 Å². The molecule has 0 unspecified atom stereocenters. The van der Waals surface area contributed by atoms with Gasteiger partial charge in [0.25, 0.3) is 0 Å². The molecule has 1 aromatic carbocycles. The van der Waals surface area contributed by atoms with Crippen LogP contribution in [-0.4, -0.2) is 31.1 Å². The number of benzene rings is 1. The Labute approximate surface area is 123 Å². The van der Waals surface area contributed by atoms with Crippen LogP contribution in [0.3, 0.4) is 0 Å². The molecule has 2 fully saturated rings. The molecular weight excluding hydrogens is 246 g/mol. The lowest BCUT2D eigenvalue weighted by Crippen LogP contribution is -2.39. The topological polar surface area (TPSA) is 12.5 Å². The van der Waals surface area contributed by atoms with Gasteiger partial charge in [-0.3, -0.25) is 0 Å². The van der Waals surface area contributed by atoms with Crippen molar-refractivity contribution in [2.75, 3.05) is 20.2 Å². The number of hydrogen-bond acceptors (Lipinski definition) is 2. The van der Waals surface area contributed by atoms with E-state index in [9.17, 15) is 0 Å². The Balaban J connectivity index is 1.61. The van der Waals surface area contributed by atoms with Gasteiger partial charge in [0.1, 0.15) is 5.75 Å². The van der Waals surface area contributed by atoms with E-state index in [0.29, 0.717) is 5.92 Å². The molecule has 1 heterocycles. The Morgan fingerprint density at radius 2 is 1.80 bits per heavy atom. The van der Waals surface area contributed by atoms with Gasteiger partial charge in [-0.05, 0) is 68.7 Å². The summed E-state index contributed by atoms with van der Waals surface area (Å²) in [4.78, 5) is 2.75. The normalized spacial score (nSPS) is 28.7. The van der Waals surface area contributed by atoms with Crippen molar-refractivity contribution in [1.29, 1.82) is 0 Å². The van der Waals surface area contributed by atoms with Crippen LogP contribution in [0.25, 0.3) is 0 Å². The number of nitrogens with zero attached hydrogens (tertiary/aromatic N) is 1. The minimum atomic E-state index is 0.682. The number of piperidine rings is 1. The maximum absolute atomic E-state index is 5.53.